The Morgan fingerprint density at radius 2 is 2.33 bits per heavy atom. The Labute approximate surface area is 101 Å². The van der Waals surface area contributed by atoms with Gasteiger partial charge < -0.3 is 4.74 Å². The second-order valence-electron chi connectivity index (χ2n) is 2.79. The number of hydrogen-bond donors (Lipinski definition) is 0. The summed E-state index contributed by atoms with van der Waals surface area (Å²) in [5.41, 5.74) is 1.07. The van der Waals surface area contributed by atoms with Crippen molar-refractivity contribution in [3.05, 3.63) is 32.8 Å². The first-order valence-electron chi connectivity index (χ1n) is 4.03. The van der Waals surface area contributed by atoms with Crippen molar-refractivity contribution in [3.8, 4) is 6.07 Å². The summed E-state index contributed by atoms with van der Waals surface area (Å²) >= 11 is 9.12. The minimum absolute atomic E-state index is 0.0969. The lowest BCUT2D eigenvalue weighted by molar-refractivity contribution is -0.139. The zero-order valence-corrected chi connectivity index (χ0v) is 10.2. The first-order valence-corrected chi connectivity index (χ1v) is 5.20. The highest BCUT2D eigenvalue weighted by Crippen LogP contribution is 2.25. The summed E-state index contributed by atoms with van der Waals surface area (Å²) in [7, 11) is 1.31. The highest BCUT2D eigenvalue weighted by molar-refractivity contribution is 9.10. The Balaban J connectivity index is 3.06. The van der Waals surface area contributed by atoms with Crippen LogP contribution >= 0.6 is 27.5 Å². The molecule has 0 aliphatic carbocycles. The smallest absolute Gasteiger partial charge is 0.310 e. The Kier molecular flexibility index (Phi) is 4.13. The van der Waals surface area contributed by atoms with Crippen molar-refractivity contribution in [3.63, 3.8) is 0 Å². The average Bonchev–Trinajstić information content (AvgIpc) is 2.22. The number of esters is 1. The van der Waals surface area contributed by atoms with Gasteiger partial charge in [0.15, 0.2) is 0 Å². The molecule has 0 N–H and O–H groups in total. The van der Waals surface area contributed by atoms with Gasteiger partial charge in [-0.05, 0) is 33.6 Å². The van der Waals surface area contributed by atoms with Crippen molar-refractivity contribution in [2.24, 2.45) is 0 Å². The van der Waals surface area contributed by atoms with E-state index in [1.165, 1.54) is 13.2 Å². The molecule has 0 fully saturated rings. The molecule has 15 heavy (non-hydrogen) atoms. The quantitative estimate of drug-likeness (QED) is 0.786. The van der Waals surface area contributed by atoms with Crippen LogP contribution in [0.1, 0.15) is 11.1 Å². The third-order valence-corrected chi connectivity index (χ3v) is 2.83. The van der Waals surface area contributed by atoms with Gasteiger partial charge in [-0.15, -0.1) is 0 Å². The van der Waals surface area contributed by atoms with Crippen LogP contribution in [0.2, 0.25) is 5.02 Å². The number of carbonyl (C=O) groups excluding carboxylic acids is 1. The number of carbonyl (C=O) groups is 1. The van der Waals surface area contributed by atoms with E-state index >= 15 is 0 Å². The number of benzene rings is 1. The summed E-state index contributed by atoms with van der Waals surface area (Å²) in [6, 6.07) is 5.15. The molecule has 0 aliphatic heterocycles. The third kappa shape index (κ3) is 2.95. The minimum Gasteiger partial charge on any atom is -0.469 e. The van der Waals surface area contributed by atoms with E-state index in [2.05, 4.69) is 20.7 Å². The Bertz CT molecular complexity index is 440. The minimum atomic E-state index is -0.367. The molecule has 0 spiro atoms. The molecule has 0 atom stereocenters. The number of methoxy groups -OCH3 is 1. The van der Waals surface area contributed by atoms with Gasteiger partial charge in [-0.1, -0.05) is 11.6 Å². The number of rotatable bonds is 2. The molecule has 0 radical (unpaired) electrons. The van der Waals surface area contributed by atoms with E-state index < -0.39 is 0 Å². The van der Waals surface area contributed by atoms with E-state index in [4.69, 9.17) is 16.9 Å². The van der Waals surface area contributed by atoms with Crippen LogP contribution in [0.4, 0.5) is 0 Å². The van der Waals surface area contributed by atoms with Crippen molar-refractivity contribution >= 4 is 33.5 Å². The van der Waals surface area contributed by atoms with Crippen molar-refractivity contribution < 1.29 is 9.53 Å². The topological polar surface area (TPSA) is 50.1 Å². The molecule has 1 aromatic carbocycles. The fourth-order valence-electron chi connectivity index (χ4n) is 1.04. The van der Waals surface area contributed by atoms with Crippen LogP contribution in [0, 0.1) is 11.3 Å². The summed E-state index contributed by atoms with van der Waals surface area (Å²) in [5, 5.41) is 9.12. The van der Waals surface area contributed by atoms with E-state index in [1.807, 2.05) is 6.07 Å². The highest BCUT2D eigenvalue weighted by atomic mass is 79.9. The van der Waals surface area contributed by atoms with Gasteiger partial charge in [0, 0.05) is 9.50 Å². The van der Waals surface area contributed by atoms with Gasteiger partial charge in [0.05, 0.1) is 19.1 Å². The monoisotopic (exact) mass is 287 g/mol. The molecule has 78 valence electrons. The molecule has 0 aromatic heterocycles. The van der Waals surface area contributed by atoms with Gasteiger partial charge in [0.1, 0.15) is 6.07 Å². The maximum Gasteiger partial charge on any atom is 0.310 e. The molecular weight excluding hydrogens is 281 g/mol. The van der Waals surface area contributed by atoms with E-state index in [0.29, 0.717) is 20.6 Å². The number of nitrogens with zero attached hydrogens (tertiary/aromatic N) is 1. The van der Waals surface area contributed by atoms with E-state index in [-0.39, 0.29) is 12.4 Å². The molecule has 5 heteroatoms. The van der Waals surface area contributed by atoms with Crippen molar-refractivity contribution in [1.82, 2.24) is 0 Å². The molecular formula is C10H7BrClNO2. The van der Waals surface area contributed by atoms with E-state index in [1.54, 1.807) is 6.07 Å². The second-order valence-corrected chi connectivity index (χ2v) is 4.05. The maximum absolute atomic E-state index is 11.0. The molecule has 1 aromatic rings. The molecule has 0 heterocycles. The summed E-state index contributed by atoms with van der Waals surface area (Å²) < 4.78 is 5.15. The predicted octanol–water partition coefficient (Wildman–Crippen LogP) is 2.69. The summed E-state index contributed by atoms with van der Waals surface area (Å²) in [4.78, 5) is 11.0. The molecule has 0 unspecified atom stereocenters. The van der Waals surface area contributed by atoms with Crippen LogP contribution in [0.3, 0.4) is 0 Å². The SMILES string of the molecule is COC(=O)Cc1cc(Br)c(C#N)cc1Cl. The first kappa shape index (κ1) is 12.0. The van der Waals surface area contributed by atoms with E-state index in [9.17, 15) is 4.79 Å². The lowest BCUT2D eigenvalue weighted by atomic mass is 10.1. The first-order chi connectivity index (χ1) is 7.08. The van der Waals surface area contributed by atoms with Crippen molar-refractivity contribution in [2.75, 3.05) is 7.11 Å². The molecule has 3 nitrogen and oxygen atoms in total. The van der Waals surface area contributed by atoms with Crippen LogP contribution in [0.15, 0.2) is 16.6 Å². The third-order valence-electron chi connectivity index (χ3n) is 1.82. The summed E-state index contributed by atoms with van der Waals surface area (Å²) in [6.45, 7) is 0. The van der Waals surface area contributed by atoms with Crippen LogP contribution in [0.5, 0.6) is 0 Å². The Morgan fingerprint density at radius 3 is 2.87 bits per heavy atom. The second kappa shape index (κ2) is 5.15. The molecule has 0 saturated carbocycles. The fraction of sp³-hybridized carbons (Fsp3) is 0.200. The molecule has 0 saturated heterocycles. The van der Waals surface area contributed by atoms with Crippen LogP contribution in [-0.2, 0) is 16.0 Å². The Morgan fingerprint density at radius 1 is 1.67 bits per heavy atom. The lowest BCUT2D eigenvalue weighted by Crippen LogP contribution is -2.05. The van der Waals surface area contributed by atoms with Crippen LogP contribution in [0.25, 0.3) is 0 Å². The van der Waals surface area contributed by atoms with Crippen molar-refractivity contribution in [2.45, 2.75) is 6.42 Å². The number of halogens is 2. The fourth-order valence-corrected chi connectivity index (χ4v) is 1.75. The summed E-state index contributed by atoms with van der Waals surface area (Å²) in [6.07, 6.45) is 0.0969. The predicted molar refractivity (Wildman–Crippen MR) is 59.6 cm³/mol. The number of nitriles is 1. The highest BCUT2D eigenvalue weighted by Gasteiger charge is 2.10. The normalized spacial score (nSPS) is 9.47. The zero-order chi connectivity index (χ0) is 11.4. The van der Waals surface area contributed by atoms with E-state index in [0.717, 1.165) is 0 Å². The van der Waals surface area contributed by atoms with Crippen molar-refractivity contribution in [1.29, 1.82) is 5.26 Å². The molecule has 0 aliphatic rings. The maximum atomic E-state index is 11.0. The van der Waals surface area contributed by atoms with Gasteiger partial charge in [0.2, 0.25) is 0 Å². The van der Waals surface area contributed by atoms with Crippen LogP contribution in [-0.4, -0.2) is 13.1 Å². The lowest BCUT2D eigenvalue weighted by Gasteiger charge is -2.04. The van der Waals surface area contributed by atoms with Gasteiger partial charge in [-0.25, -0.2) is 0 Å². The molecule has 0 amide bonds. The number of hydrogen-bond acceptors (Lipinski definition) is 3. The summed E-state index contributed by atoms with van der Waals surface area (Å²) in [5.74, 6) is -0.367. The average molecular weight is 289 g/mol. The van der Waals surface area contributed by atoms with Gasteiger partial charge >= 0.3 is 5.97 Å². The van der Waals surface area contributed by atoms with Crippen LogP contribution < -0.4 is 0 Å². The Hall–Kier alpha value is -1.05. The van der Waals surface area contributed by atoms with Gasteiger partial charge in [-0.3, -0.25) is 4.79 Å². The largest absolute Gasteiger partial charge is 0.469 e. The van der Waals surface area contributed by atoms with Gasteiger partial charge in [0.25, 0.3) is 0 Å². The molecule has 1 rings (SSSR count). The number of ether oxygens (including phenoxy) is 1. The van der Waals surface area contributed by atoms with Gasteiger partial charge in [-0.2, -0.15) is 5.26 Å². The standard InChI is InChI=1S/C10H7BrClNO2/c1-15-10(14)4-6-2-8(11)7(5-13)3-9(6)12/h2-3H,4H2,1H3. The zero-order valence-electron chi connectivity index (χ0n) is 7.88. The molecule has 0 bridgehead atoms.